The smallest absolute Gasteiger partial charge is 0.228 e. The predicted molar refractivity (Wildman–Crippen MR) is 128 cm³/mol. The lowest BCUT2D eigenvalue weighted by Crippen LogP contribution is -2.37. The standard InChI is InChI=1S/C24H28N8O2/c1-34-22-20-18(16-8-11-32-19(12-16)26-14-27-32)13-25-21(20)29-24(30-22)28-17-6-4-15(5-7-17)23(33)31-9-2-3-10-31/h8,11-15,17H,2-7,9-10H2,1H3,(H2,25,28,29,30). The number of ether oxygens (including phenoxy) is 1. The van der Waals surface area contributed by atoms with Crippen molar-refractivity contribution in [3.63, 3.8) is 0 Å². The van der Waals surface area contributed by atoms with E-state index in [9.17, 15) is 4.79 Å². The average Bonchev–Trinajstić information content (AvgIpc) is 3.64. The monoisotopic (exact) mass is 460 g/mol. The van der Waals surface area contributed by atoms with Crippen molar-refractivity contribution in [1.82, 2.24) is 34.4 Å². The Bertz CT molecular complexity index is 1330. The van der Waals surface area contributed by atoms with Crippen LogP contribution in [0.1, 0.15) is 38.5 Å². The Hall–Kier alpha value is -3.69. The van der Waals surface area contributed by atoms with Crippen LogP contribution < -0.4 is 10.1 Å². The van der Waals surface area contributed by atoms with Crippen LogP contribution in [0.2, 0.25) is 0 Å². The molecule has 4 aromatic rings. The van der Waals surface area contributed by atoms with E-state index in [4.69, 9.17) is 9.72 Å². The SMILES string of the molecule is COc1nc(NC2CCC(C(=O)N3CCCC3)CC2)nc2[nH]cc(-c3ccn4ncnc4c3)c12. The number of anilines is 1. The number of carbonyl (C=O) groups is 1. The first kappa shape index (κ1) is 20.9. The molecule has 176 valence electrons. The molecule has 6 rings (SSSR count). The van der Waals surface area contributed by atoms with Gasteiger partial charge in [0.2, 0.25) is 17.7 Å². The van der Waals surface area contributed by atoms with Crippen LogP contribution in [-0.2, 0) is 4.79 Å². The van der Waals surface area contributed by atoms with Crippen LogP contribution in [0.5, 0.6) is 5.88 Å². The molecule has 2 fully saturated rings. The van der Waals surface area contributed by atoms with Gasteiger partial charge in [-0.15, -0.1) is 0 Å². The van der Waals surface area contributed by atoms with E-state index in [-0.39, 0.29) is 12.0 Å². The Morgan fingerprint density at radius 3 is 2.79 bits per heavy atom. The molecule has 0 spiro atoms. The van der Waals surface area contributed by atoms with Gasteiger partial charge in [-0.3, -0.25) is 4.79 Å². The van der Waals surface area contributed by atoms with E-state index in [1.807, 2.05) is 29.4 Å². The Balaban J connectivity index is 1.20. The highest BCUT2D eigenvalue weighted by molar-refractivity contribution is 5.98. The van der Waals surface area contributed by atoms with Gasteiger partial charge >= 0.3 is 0 Å². The number of fused-ring (bicyclic) bond motifs is 2. The number of hydrogen-bond acceptors (Lipinski definition) is 7. The van der Waals surface area contributed by atoms with E-state index in [0.717, 1.165) is 73.8 Å². The van der Waals surface area contributed by atoms with Crippen molar-refractivity contribution in [2.24, 2.45) is 5.92 Å². The summed E-state index contributed by atoms with van der Waals surface area (Å²) in [4.78, 5) is 31.7. The maximum absolute atomic E-state index is 12.7. The van der Waals surface area contributed by atoms with E-state index in [1.165, 1.54) is 6.33 Å². The van der Waals surface area contributed by atoms with Crippen LogP contribution in [0, 0.1) is 5.92 Å². The molecule has 10 nitrogen and oxygen atoms in total. The molecule has 0 radical (unpaired) electrons. The Morgan fingerprint density at radius 2 is 2.00 bits per heavy atom. The third-order valence-electron chi connectivity index (χ3n) is 7.11. The Morgan fingerprint density at radius 1 is 1.18 bits per heavy atom. The lowest BCUT2D eigenvalue weighted by molar-refractivity contribution is -0.135. The number of carbonyl (C=O) groups excluding carboxylic acids is 1. The molecule has 5 heterocycles. The highest BCUT2D eigenvalue weighted by atomic mass is 16.5. The molecule has 1 saturated heterocycles. The molecule has 10 heteroatoms. The van der Waals surface area contributed by atoms with Gasteiger partial charge < -0.3 is 19.9 Å². The number of rotatable bonds is 5. The molecule has 1 amide bonds. The van der Waals surface area contributed by atoms with Crippen molar-refractivity contribution in [2.75, 3.05) is 25.5 Å². The summed E-state index contributed by atoms with van der Waals surface area (Å²) in [5, 5.41) is 8.47. The number of H-pyrrole nitrogens is 1. The molecular weight excluding hydrogens is 432 g/mol. The topological polar surface area (TPSA) is 113 Å². The number of nitrogens with one attached hydrogen (secondary N) is 2. The minimum atomic E-state index is 0.155. The molecule has 0 atom stereocenters. The second kappa shape index (κ2) is 8.58. The van der Waals surface area contributed by atoms with Crippen molar-refractivity contribution < 1.29 is 9.53 Å². The Labute approximate surface area is 196 Å². The number of nitrogens with zero attached hydrogens (tertiary/aromatic N) is 6. The van der Waals surface area contributed by atoms with E-state index >= 15 is 0 Å². The molecule has 2 aliphatic rings. The predicted octanol–water partition coefficient (Wildman–Crippen LogP) is 3.27. The molecule has 1 aliphatic heterocycles. The van der Waals surface area contributed by atoms with E-state index in [1.54, 1.807) is 11.6 Å². The minimum Gasteiger partial charge on any atom is -0.480 e. The van der Waals surface area contributed by atoms with Gasteiger partial charge in [-0.25, -0.2) is 9.50 Å². The van der Waals surface area contributed by atoms with Crippen molar-refractivity contribution >= 4 is 28.5 Å². The van der Waals surface area contributed by atoms with Gasteiger partial charge in [0.15, 0.2) is 5.65 Å². The average molecular weight is 461 g/mol. The number of pyridine rings is 1. The lowest BCUT2D eigenvalue weighted by atomic mass is 9.85. The van der Waals surface area contributed by atoms with E-state index in [0.29, 0.717) is 23.4 Å². The Kier molecular flexibility index (Phi) is 5.27. The molecule has 1 aliphatic carbocycles. The number of methoxy groups -OCH3 is 1. The summed E-state index contributed by atoms with van der Waals surface area (Å²) >= 11 is 0. The zero-order chi connectivity index (χ0) is 23.1. The molecule has 1 saturated carbocycles. The van der Waals surface area contributed by atoms with Crippen molar-refractivity contribution in [3.05, 3.63) is 30.9 Å². The van der Waals surface area contributed by atoms with Crippen LogP contribution in [-0.4, -0.2) is 66.6 Å². The van der Waals surface area contributed by atoms with Crippen molar-refractivity contribution in [3.8, 4) is 17.0 Å². The third kappa shape index (κ3) is 3.72. The maximum Gasteiger partial charge on any atom is 0.228 e. The first-order valence-electron chi connectivity index (χ1n) is 12.0. The van der Waals surface area contributed by atoms with Crippen LogP contribution in [0.15, 0.2) is 30.9 Å². The summed E-state index contributed by atoms with van der Waals surface area (Å²) in [5.41, 5.74) is 3.41. The number of likely N-dealkylation sites (tertiary alicyclic amines) is 1. The molecule has 34 heavy (non-hydrogen) atoms. The van der Waals surface area contributed by atoms with Gasteiger partial charge in [-0.2, -0.15) is 15.1 Å². The zero-order valence-electron chi connectivity index (χ0n) is 19.2. The quantitative estimate of drug-likeness (QED) is 0.470. The fourth-order valence-electron chi connectivity index (χ4n) is 5.29. The molecule has 0 aromatic carbocycles. The lowest BCUT2D eigenvalue weighted by Gasteiger charge is -2.30. The fraction of sp³-hybridized carbons (Fsp3) is 0.458. The highest BCUT2D eigenvalue weighted by Gasteiger charge is 2.31. The molecule has 0 unspecified atom stereocenters. The summed E-state index contributed by atoms with van der Waals surface area (Å²) < 4.78 is 7.39. The number of aromatic nitrogens is 6. The van der Waals surface area contributed by atoms with Gasteiger partial charge in [-0.1, -0.05) is 0 Å². The van der Waals surface area contributed by atoms with Gasteiger partial charge in [0.25, 0.3) is 0 Å². The third-order valence-corrected chi connectivity index (χ3v) is 7.11. The van der Waals surface area contributed by atoms with Gasteiger partial charge in [0, 0.05) is 43.0 Å². The summed E-state index contributed by atoms with van der Waals surface area (Å²) in [5.74, 6) is 1.56. The van der Waals surface area contributed by atoms with Crippen molar-refractivity contribution in [1.29, 1.82) is 0 Å². The zero-order valence-corrected chi connectivity index (χ0v) is 19.2. The largest absolute Gasteiger partial charge is 0.480 e. The molecule has 2 N–H and O–H groups in total. The first-order valence-corrected chi connectivity index (χ1v) is 12.0. The summed E-state index contributed by atoms with van der Waals surface area (Å²) in [6.45, 7) is 1.85. The fourth-order valence-corrected chi connectivity index (χ4v) is 5.29. The first-order chi connectivity index (χ1) is 16.7. The minimum absolute atomic E-state index is 0.155. The highest BCUT2D eigenvalue weighted by Crippen LogP contribution is 2.35. The number of amides is 1. The van der Waals surface area contributed by atoms with Crippen molar-refractivity contribution in [2.45, 2.75) is 44.6 Å². The number of hydrogen-bond donors (Lipinski definition) is 2. The van der Waals surface area contributed by atoms with E-state index < -0.39 is 0 Å². The van der Waals surface area contributed by atoms with Crippen LogP contribution in [0.4, 0.5) is 5.95 Å². The summed E-state index contributed by atoms with van der Waals surface area (Å²) in [6, 6.07) is 4.20. The second-order valence-electron chi connectivity index (χ2n) is 9.19. The maximum atomic E-state index is 12.7. The van der Waals surface area contributed by atoms with Gasteiger partial charge in [-0.05, 0) is 56.2 Å². The molecular formula is C24H28N8O2. The van der Waals surface area contributed by atoms with E-state index in [2.05, 4.69) is 25.4 Å². The van der Waals surface area contributed by atoms with Crippen LogP contribution in [0.3, 0.4) is 0 Å². The van der Waals surface area contributed by atoms with Crippen LogP contribution >= 0.6 is 0 Å². The normalized spacial score (nSPS) is 20.8. The number of aromatic amines is 1. The van der Waals surface area contributed by atoms with Crippen LogP contribution in [0.25, 0.3) is 27.8 Å². The summed E-state index contributed by atoms with van der Waals surface area (Å²) in [6.07, 6.45) is 11.3. The molecule has 0 bridgehead atoms. The van der Waals surface area contributed by atoms with Gasteiger partial charge in [0.1, 0.15) is 12.0 Å². The summed E-state index contributed by atoms with van der Waals surface area (Å²) in [7, 11) is 1.62. The van der Waals surface area contributed by atoms with Gasteiger partial charge in [0.05, 0.1) is 12.5 Å². The molecule has 4 aromatic heterocycles. The second-order valence-corrected chi connectivity index (χ2v) is 9.19.